The molecule has 0 saturated heterocycles. The van der Waals surface area contributed by atoms with E-state index in [1.165, 1.54) is 26.0 Å². The van der Waals surface area contributed by atoms with Crippen molar-refractivity contribution in [2.75, 3.05) is 0 Å². The third-order valence-electron chi connectivity index (χ3n) is 10.9. The summed E-state index contributed by atoms with van der Waals surface area (Å²) in [6.07, 6.45) is 0.152. The Balaban J connectivity index is 2.29. The number of hydrogen-bond acceptors (Lipinski definition) is 9. The summed E-state index contributed by atoms with van der Waals surface area (Å²) in [5.41, 5.74) is -1.78. The Labute approximate surface area is 291 Å². The fourth-order valence-corrected chi connectivity index (χ4v) is 7.19. The number of amides is 1. The number of ketones is 3. The molecule has 10 heteroatoms. The van der Waals surface area contributed by atoms with E-state index in [0.29, 0.717) is 5.92 Å². The summed E-state index contributed by atoms with van der Waals surface area (Å²) < 4.78 is 0. The molecule has 0 saturated carbocycles. The van der Waals surface area contributed by atoms with Gasteiger partial charge in [-0.1, -0.05) is 88.0 Å². The van der Waals surface area contributed by atoms with E-state index < -0.39 is 94.0 Å². The van der Waals surface area contributed by atoms with Gasteiger partial charge in [0.25, 0.3) is 5.91 Å². The molecule has 6 N–H and O–H groups in total. The molecule has 10 nitrogen and oxygen atoms in total. The number of carbonyl (C=O) groups is 4. The summed E-state index contributed by atoms with van der Waals surface area (Å²) in [6.45, 7) is 23.5. The Morgan fingerprint density at radius 1 is 0.980 bits per heavy atom. The van der Waals surface area contributed by atoms with E-state index in [4.69, 9.17) is 0 Å². The molecule has 0 fully saturated rings. The van der Waals surface area contributed by atoms with Gasteiger partial charge >= 0.3 is 0 Å². The van der Waals surface area contributed by atoms with Crippen LogP contribution in [-0.2, 0) is 19.2 Å². The second-order valence-electron chi connectivity index (χ2n) is 15.5. The van der Waals surface area contributed by atoms with Gasteiger partial charge in [0.05, 0.1) is 35.7 Å². The molecule has 0 bridgehead atoms. The highest BCUT2D eigenvalue weighted by Crippen LogP contribution is 2.42. The van der Waals surface area contributed by atoms with Crippen molar-refractivity contribution in [2.45, 2.75) is 113 Å². The minimum absolute atomic E-state index is 0.107. The fraction of sp³-hybridized carbons (Fsp3) is 0.641. The number of nitrogens with one attached hydrogen (secondary N) is 1. The summed E-state index contributed by atoms with van der Waals surface area (Å²) in [6, 6.07) is 0. The number of Topliss-reactive ketones (excluding diaryl/α,β-unsaturated/α-hetero) is 2. The maximum absolute atomic E-state index is 13.9. The highest BCUT2D eigenvalue weighted by atomic mass is 16.3. The normalized spacial score (nSPS) is 24.0. The Morgan fingerprint density at radius 3 is 2.08 bits per heavy atom. The van der Waals surface area contributed by atoms with Crippen LogP contribution in [0.1, 0.15) is 89.0 Å². The lowest BCUT2D eigenvalue weighted by Gasteiger charge is -2.43. The summed E-state index contributed by atoms with van der Waals surface area (Å²) in [5.74, 6) is -6.55. The number of hydrogen-bond donors (Lipinski definition) is 6. The standard InChI is InChI=1S/C39H59NO9/c1-13-14-19(4)38(49)40-26-17-27(41)28-29(34(45)24(9)35(46)30(28)36(26)47)32(43)21(6)16-20(5)31(42)23(8)33(44)25(10)37(48)39(11,12)22(7)15-18(2)3/h13-14,17-18,20-25,31,33,35,37,42,44-46,48H,1,15-16H2,2-12H3,(H,40,49)/b19-14-/t20?,21?,22-,23-,24?,25+,31+,33-,35?,37+/m1/s1. The summed E-state index contributed by atoms with van der Waals surface area (Å²) in [5, 5.41) is 58.4. The average molecular weight is 686 g/mol. The zero-order valence-corrected chi connectivity index (χ0v) is 31.1. The van der Waals surface area contributed by atoms with Crippen molar-refractivity contribution < 1.29 is 44.7 Å². The Kier molecular flexibility index (Phi) is 14.3. The number of aliphatic hydroxyl groups excluding tert-OH is 5. The van der Waals surface area contributed by atoms with Gasteiger partial charge in [-0.25, -0.2) is 0 Å². The molecule has 2 rings (SSSR count). The summed E-state index contributed by atoms with van der Waals surface area (Å²) >= 11 is 0. The lowest BCUT2D eigenvalue weighted by molar-refractivity contribution is -0.122. The van der Waals surface area contributed by atoms with Crippen LogP contribution in [0.25, 0.3) is 0 Å². The Bertz CT molecular complexity index is 1430. The minimum atomic E-state index is -1.61. The number of aliphatic hydroxyl groups is 5. The van der Waals surface area contributed by atoms with Crippen LogP contribution in [-0.4, -0.2) is 73.2 Å². The summed E-state index contributed by atoms with van der Waals surface area (Å²) in [4.78, 5) is 53.4. The van der Waals surface area contributed by atoms with Gasteiger partial charge in [0.15, 0.2) is 11.6 Å². The maximum Gasteiger partial charge on any atom is 0.251 e. The smallest absolute Gasteiger partial charge is 0.251 e. The number of allylic oxidation sites excluding steroid dienone is 6. The molecule has 0 aromatic carbocycles. The van der Waals surface area contributed by atoms with Crippen molar-refractivity contribution in [3.63, 3.8) is 0 Å². The van der Waals surface area contributed by atoms with Crippen LogP contribution in [0.15, 0.2) is 58.6 Å². The van der Waals surface area contributed by atoms with Gasteiger partial charge in [0, 0.05) is 46.5 Å². The molecule has 0 aromatic heterocycles. The van der Waals surface area contributed by atoms with Crippen LogP contribution >= 0.6 is 0 Å². The molecule has 49 heavy (non-hydrogen) atoms. The van der Waals surface area contributed by atoms with Crippen molar-refractivity contribution in [3.8, 4) is 0 Å². The van der Waals surface area contributed by atoms with Crippen molar-refractivity contribution in [3.05, 3.63) is 58.6 Å². The van der Waals surface area contributed by atoms with Crippen LogP contribution in [0.5, 0.6) is 0 Å². The maximum atomic E-state index is 13.9. The second kappa shape index (κ2) is 16.7. The molecular formula is C39H59NO9. The lowest BCUT2D eigenvalue weighted by Crippen LogP contribution is -2.48. The number of carbonyl (C=O) groups excluding carboxylic acids is 4. The first-order valence-electron chi connectivity index (χ1n) is 17.4. The monoisotopic (exact) mass is 685 g/mol. The van der Waals surface area contributed by atoms with Crippen LogP contribution in [0.4, 0.5) is 0 Å². The van der Waals surface area contributed by atoms with Gasteiger partial charge in [0.1, 0.15) is 5.76 Å². The highest BCUT2D eigenvalue weighted by molar-refractivity contribution is 6.29. The fourth-order valence-electron chi connectivity index (χ4n) is 7.19. The van der Waals surface area contributed by atoms with Gasteiger partial charge in [-0.05, 0) is 42.9 Å². The molecule has 4 unspecified atom stereocenters. The highest BCUT2D eigenvalue weighted by Gasteiger charge is 2.46. The van der Waals surface area contributed by atoms with Crippen molar-refractivity contribution in [1.82, 2.24) is 5.32 Å². The van der Waals surface area contributed by atoms with Crippen LogP contribution < -0.4 is 5.32 Å². The van der Waals surface area contributed by atoms with E-state index in [9.17, 15) is 44.7 Å². The largest absolute Gasteiger partial charge is 0.511 e. The molecule has 2 aliphatic rings. The predicted octanol–water partition coefficient (Wildman–Crippen LogP) is 4.68. The molecular weight excluding hydrogens is 626 g/mol. The zero-order chi connectivity index (χ0) is 37.9. The molecule has 0 spiro atoms. The van der Waals surface area contributed by atoms with E-state index in [1.54, 1.807) is 27.7 Å². The van der Waals surface area contributed by atoms with Gasteiger partial charge < -0.3 is 30.8 Å². The third kappa shape index (κ3) is 8.95. The molecule has 10 atom stereocenters. The molecule has 2 aliphatic carbocycles. The molecule has 0 heterocycles. The molecule has 0 radical (unpaired) electrons. The van der Waals surface area contributed by atoms with E-state index in [-0.39, 0.29) is 34.8 Å². The topological polar surface area (TPSA) is 181 Å². The lowest BCUT2D eigenvalue weighted by atomic mass is 9.66. The van der Waals surface area contributed by atoms with E-state index in [2.05, 4.69) is 32.7 Å². The van der Waals surface area contributed by atoms with E-state index in [1.807, 2.05) is 13.8 Å². The molecule has 1 amide bonds. The van der Waals surface area contributed by atoms with E-state index in [0.717, 1.165) is 12.5 Å². The predicted molar refractivity (Wildman–Crippen MR) is 189 cm³/mol. The zero-order valence-electron chi connectivity index (χ0n) is 31.1. The molecule has 0 aromatic rings. The summed E-state index contributed by atoms with van der Waals surface area (Å²) in [7, 11) is 0. The Morgan fingerprint density at radius 2 is 1.55 bits per heavy atom. The van der Waals surface area contributed by atoms with E-state index >= 15 is 0 Å². The quantitative estimate of drug-likeness (QED) is 0.0764. The van der Waals surface area contributed by atoms with Gasteiger partial charge in [-0.15, -0.1) is 0 Å². The average Bonchev–Trinajstić information content (AvgIpc) is 3.03. The first kappa shape index (κ1) is 42.0. The van der Waals surface area contributed by atoms with Crippen LogP contribution in [0.3, 0.4) is 0 Å². The number of rotatable bonds is 16. The van der Waals surface area contributed by atoms with Crippen molar-refractivity contribution in [2.24, 2.45) is 46.8 Å². The van der Waals surface area contributed by atoms with Crippen molar-refractivity contribution >= 4 is 23.3 Å². The Hall–Kier alpha value is -3.18. The third-order valence-corrected chi connectivity index (χ3v) is 10.9. The first-order valence-corrected chi connectivity index (χ1v) is 17.4. The molecule has 274 valence electrons. The second-order valence-corrected chi connectivity index (χ2v) is 15.5. The first-order chi connectivity index (χ1) is 22.5. The van der Waals surface area contributed by atoms with Crippen molar-refractivity contribution in [1.29, 1.82) is 0 Å². The SMILES string of the molecule is C=C/C=C(/C)C(=O)NC1=CC(=O)C2=C(C1=O)C(O)C(C)C(O)=C2C(=O)C(C)CC(C)[C@H](O)[C@@H](C)[C@@H](O)[C@H](C)[C@H](O)C(C)(C)[C@H](C)CC(C)C. The molecule has 0 aliphatic heterocycles. The van der Waals surface area contributed by atoms with Crippen LogP contribution in [0.2, 0.25) is 0 Å². The minimum Gasteiger partial charge on any atom is -0.511 e. The van der Waals surface area contributed by atoms with Gasteiger partial charge in [0.2, 0.25) is 5.78 Å². The van der Waals surface area contributed by atoms with Gasteiger partial charge in [-0.3, -0.25) is 19.2 Å². The van der Waals surface area contributed by atoms with Gasteiger partial charge in [-0.2, -0.15) is 0 Å². The van der Waals surface area contributed by atoms with Crippen LogP contribution in [0, 0.1) is 46.8 Å².